The third-order valence-electron chi connectivity index (χ3n) is 7.02. The number of rotatable bonds is 5. The van der Waals surface area contributed by atoms with Crippen LogP contribution in [-0.4, -0.2) is 24.8 Å². The molecule has 0 spiro atoms. The Labute approximate surface area is 216 Å². The Bertz CT molecular complexity index is 1110. The van der Waals surface area contributed by atoms with Gasteiger partial charge in [-0.1, -0.05) is 56.2 Å². The molecule has 2 N–H and O–H groups in total. The molecule has 0 saturated heterocycles. The summed E-state index contributed by atoms with van der Waals surface area (Å²) in [5, 5.41) is 6.07. The highest BCUT2D eigenvalue weighted by atomic mass is 16.6. The number of hydrogen-bond acceptors (Lipinski definition) is 4. The van der Waals surface area contributed by atoms with E-state index in [1.165, 1.54) is 0 Å². The third kappa shape index (κ3) is 7.02. The third-order valence-corrected chi connectivity index (χ3v) is 7.02. The second-order valence-electron chi connectivity index (χ2n) is 12.0. The second kappa shape index (κ2) is 10.5. The number of carbonyl (C=O) groups is 2. The average Bonchev–Trinajstić information content (AvgIpc) is 2.70. The van der Waals surface area contributed by atoms with Crippen LogP contribution in [0.4, 0.5) is 9.59 Å². The standard InChI is InChI=1S/C30H42N2O4/c1-18-10-20(3)25(21(4)11-18)35-27(33)31-17-30(9)15-24(14-29(7,8)16-30)32-28(34)36-26-22(5)12-19(2)13-23(26)6/h10-13,24H,14-17H2,1-9H3,(H,31,33)(H,32,34). The molecular formula is C30H42N2O4. The van der Waals surface area contributed by atoms with Crippen LogP contribution in [0.1, 0.15) is 73.4 Å². The van der Waals surface area contributed by atoms with Crippen LogP contribution in [0.5, 0.6) is 11.5 Å². The minimum Gasteiger partial charge on any atom is -0.410 e. The normalized spacial score (nSPS) is 21.0. The summed E-state index contributed by atoms with van der Waals surface area (Å²) in [7, 11) is 0. The van der Waals surface area contributed by atoms with Gasteiger partial charge < -0.3 is 20.1 Å². The largest absolute Gasteiger partial charge is 0.412 e. The molecule has 0 bridgehead atoms. The first-order valence-electron chi connectivity index (χ1n) is 12.8. The van der Waals surface area contributed by atoms with Crippen LogP contribution in [0.15, 0.2) is 24.3 Å². The van der Waals surface area contributed by atoms with E-state index in [9.17, 15) is 9.59 Å². The van der Waals surface area contributed by atoms with E-state index in [4.69, 9.17) is 9.47 Å². The van der Waals surface area contributed by atoms with Gasteiger partial charge in [0.25, 0.3) is 0 Å². The fraction of sp³-hybridized carbons (Fsp3) is 0.533. The Morgan fingerprint density at radius 3 is 1.69 bits per heavy atom. The highest BCUT2D eigenvalue weighted by molar-refractivity contribution is 5.72. The fourth-order valence-corrected chi connectivity index (χ4v) is 6.23. The Balaban J connectivity index is 1.63. The van der Waals surface area contributed by atoms with Gasteiger partial charge in [0.1, 0.15) is 11.5 Å². The summed E-state index contributed by atoms with van der Waals surface area (Å²) in [6.45, 7) is 18.9. The highest BCUT2D eigenvalue weighted by Gasteiger charge is 2.42. The number of hydrogen-bond donors (Lipinski definition) is 2. The first-order chi connectivity index (χ1) is 16.7. The van der Waals surface area contributed by atoms with Gasteiger partial charge in [-0.3, -0.25) is 0 Å². The van der Waals surface area contributed by atoms with Crippen LogP contribution in [0.2, 0.25) is 0 Å². The Morgan fingerprint density at radius 2 is 1.22 bits per heavy atom. The maximum absolute atomic E-state index is 12.8. The van der Waals surface area contributed by atoms with Gasteiger partial charge >= 0.3 is 12.2 Å². The lowest BCUT2D eigenvalue weighted by atomic mass is 9.62. The van der Waals surface area contributed by atoms with Crippen LogP contribution in [0.3, 0.4) is 0 Å². The lowest BCUT2D eigenvalue weighted by Gasteiger charge is -2.46. The van der Waals surface area contributed by atoms with E-state index in [0.717, 1.165) is 52.6 Å². The van der Waals surface area contributed by atoms with Crippen LogP contribution in [0, 0.1) is 52.4 Å². The minimum atomic E-state index is -0.455. The predicted octanol–water partition coefficient (Wildman–Crippen LogP) is 7.00. The van der Waals surface area contributed by atoms with Crippen molar-refractivity contribution in [2.24, 2.45) is 10.8 Å². The lowest BCUT2D eigenvalue weighted by Crippen LogP contribution is -2.51. The molecule has 6 nitrogen and oxygen atoms in total. The quantitative estimate of drug-likeness (QED) is 0.469. The Hall–Kier alpha value is -3.02. The smallest absolute Gasteiger partial charge is 0.410 e. The van der Waals surface area contributed by atoms with Crippen LogP contribution in [-0.2, 0) is 0 Å². The van der Waals surface area contributed by atoms with Crippen LogP contribution >= 0.6 is 0 Å². The van der Waals surface area contributed by atoms with Gasteiger partial charge in [0.2, 0.25) is 0 Å². The van der Waals surface area contributed by atoms with Crippen molar-refractivity contribution in [3.05, 3.63) is 57.6 Å². The van der Waals surface area contributed by atoms with Crippen molar-refractivity contribution in [1.29, 1.82) is 0 Å². The molecule has 36 heavy (non-hydrogen) atoms. The van der Waals surface area contributed by atoms with Crippen molar-refractivity contribution >= 4 is 12.2 Å². The summed E-state index contributed by atoms with van der Waals surface area (Å²) < 4.78 is 11.4. The van der Waals surface area contributed by atoms with E-state index in [-0.39, 0.29) is 16.9 Å². The molecule has 1 aliphatic rings. The van der Waals surface area contributed by atoms with Gasteiger partial charge in [0, 0.05) is 12.6 Å². The molecule has 1 saturated carbocycles. The SMILES string of the molecule is Cc1cc(C)c(OC(=O)NCC2(C)CC(NC(=O)Oc3c(C)cc(C)cc3C)CC(C)(C)C2)c(C)c1. The maximum Gasteiger partial charge on any atom is 0.412 e. The zero-order valence-corrected chi connectivity index (χ0v) is 23.3. The van der Waals surface area contributed by atoms with Gasteiger partial charge in [0.15, 0.2) is 0 Å². The first-order valence-corrected chi connectivity index (χ1v) is 12.8. The lowest BCUT2D eigenvalue weighted by molar-refractivity contribution is 0.0701. The molecule has 2 atom stereocenters. The number of amides is 2. The molecule has 2 unspecified atom stereocenters. The molecule has 0 heterocycles. The van der Waals surface area contributed by atoms with E-state index in [1.54, 1.807) is 0 Å². The number of carbonyl (C=O) groups excluding carboxylic acids is 2. The van der Waals surface area contributed by atoms with Crippen molar-refractivity contribution in [2.75, 3.05) is 6.54 Å². The maximum atomic E-state index is 12.8. The van der Waals surface area contributed by atoms with E-state index in [0.29, 0.717) is 18.0 Å². The zero-order valence-electron chi connectivity index (χ0n) is 23.3. The van der Waals surface area contributed by atoms with Crippen molar-refractivity contribution in [3.63, 3.8) is 0 Å². The molecule has 0 radical (unpaired) electrons. The van der Waals surface area contributed by atoms with Crippen LogP contribution < -0.4 is 20.1 Å². The molecular weight excluding hydrogens is 452 g/mol. The molecule has 6 heteroatoms. The predicted molar refractivity (Wildman–Crippen MR) is 144 cm³/mol. The first kappa shape index (κ1) is 27.6. The zero-order chi connectivity index (χ0) is 26.8. The minimum absolute atomic E-state index is 0.00361. The molecule has 2 aromatic rings. The van der Waals surface area contributed by atoms with Gasteiger partial charge in [-0.25, -0.2) is 9.59 Å². The number of aryl methyl sites for hydroxylation is 6. The van der Waals surface area contributed by atoms with Crippen molar-refractivity contribution in [1.82, 2.24) is 10.6 Å². The van der Waals surface area contributed by atoms with E-state index < -0.39 is 12.2 Å². The highest BCUT2D eigenvalue weighted by Crippen LogP contribution is 2.46. The summed E-state index contributed by atoms with van der Waals surface area (Å²) in [4.78, 5) is 25.5. The van der Waals surface area contributed by atoms with Crippen molar-refractivity contribution < 1.29 is 19.1 Å². The number of ether oxygens (including phenoxy) is 2. The summed E-state index contributed by atoms with van der Waals surface area (Å²) >= 11 is 0. The molecule has 0 aromatic heterocycles. The van der Waals surface area contributed by atoms with Gasteiger partial charge in [-0.05, 0) is 93.9 Å². The van der Waals surface area contributed by atoms with Crippen molar-refractivity contribution in [3.8, 4) is 11.5 Å². The van der Waals surface area contributed by atoms with E-state index >= 15 is 0 Å². The van der Waals surface area contributed by atoms with E-state index in [1.807, 2.05) is 65.8 Å². The molecule has 0 aliphatic heterocycles. The molecule has 196 valence electrons. The molecule has 3 rings (SSSR count). The fourth-order valence-electron chi connectivity index (χ4n) is 6.23. The van der Waals surface area contributed by atoms with Gasteiger partial charge in [-0.2, -0.15) is 0 Å². The number of benzene rings is 2. The molecule has 2 aromatic carbocycles. The van der Waals surface area contributed by atoms with Crippen molar-refractivity contribution in [2.45, 2.75) is 87.6 Å². The summed E-state index contributed by atoms with van der Waals surface area (Å²) in [6.07, 6.45) is 1.61. The summed E-state index contributed by atoms with van der Waals surface area (Å²) in [5.74, 6) is 1.22. The summed E-state index contributed by atoms with van der Waals surface area (Å²) in [5.41, 5.74) is 5.84. The topological polar surface area (TPSA) is 76.7 Å². The summed E-state index contributed by atoms with van der Waals surface area (Å²) in [6, 6.07) is 7.99. The average molecular weight is 495 g/mol. The Morgan fingerprint density at radius 1 is 0.778 bits per heavy atom. The Kier molecular flexibility index (Phi) is 8.07. The van der Waals surface area contributed by atoms with E-state index in [2.05, 4.69) is 31.4 Å². The van der Waals surface area contributed by atoms with Gasteiger partial charge in [0.05, 0.1) is 0 Å². The molecule has 1 fully saturated rings. The monoisotopic (exact) mass is 494 g/mol. The second-order valence-corrected chi connectivity index (χ2v) is 12.0. The van der Waals surface area contributed by atoms with Crippen LogP contribution in [0.25, 0.3) is 0 Å². The van der Waals surface area contributed by atoms with Gasteiger partial charge in [-0.15, -0.1) is 0 Å². The molecule has 2 amide bonds. The molecule has 1 aliphatic carbocycles. The number of nitrogens with one attached hydrogen (secondary N) is 2.